The molecule has 0 spiro atoms. The minimum Gasteiger partial charge on any atom is -0.127 e. The molecule has 0 aliphatic heterocycles. The van der Waals surface area contributed by atoms with E-state index in [4.69, 9.17) is 11.6 Å². The predicted octanol–water partition coefficient (Wildman–Crippen LogP) is 7.71. The lowest BCUT2D eigenvalue weighted by Crippen LogP contribution is -2.25. The summed E-state index contributed by atoms with van der Waals surface area (Å²) in [5, 5.41) is 0. The Hall–Kier alpha value is -0.490. The number of halogens is 1. The molecule has 0 radical (unpaired) electrons. The van der Waals surface area contributed by atoms with Crippen LogP contribution in [0, 0.1) is 5.41 Å². The fourth-order valence-corrected chi connectivity index (χ4v) is 4.57. The third-order valence-corrected chi connectivity index (χ3v) is 6.31. The molecule has 1 aromatic rings. The lowest BCUT2D eigenvalue weighted by Gasteiger charge is -2.38. The van der Waals surface area contributed by atoms with E-state index in [1.807, 2.05) is 0 Å². The predicted molar refractivity (Wildman–Crippen MR) is 108 cm³/mol. The highest BCUT2D eigenvalue weighted by molar-refractivity contribution is 6.17. The first kappa shape index (κ1) is 19.8. The molecule has 2 rings (SSSR count). The number of hydrogen-bond acceptors (Lipinski definition) is 0. The molecule has 0 N–H and O–H groups in total. The zero-order valence-electron chi connectivity index (χ0n) is 15.8. The van der Waals surface area contributed by atoms with Crippen molar-refractivity contribution in [2.45, 2.75) is 96.8 Å². The van der Waals surface area contributed by atoms with E-state index in [9.17, 15) is 0 Å². The van der Waals surface area contributed by atoms with Crippen molar-refractivity contribution in [3.8, 4) is 0 Å². The summed E-state index contributed by atoms with van der Waals surface area (Å²) in [6, 6.07) is 9.51. The van der Waals surface area contributed by atoms with E-state index in [0.717, 1.165) is 5.88 Å². The van der Waals surface area contributed by atoms with Gasteiger partial charge in [0.15, 0.2) is 0 Å². The highest BCUT2D eigenvalue weighted by Crippen LogP contribution is 2.44. The zero-order valence-corrected chi connectivity index (χ0v) is 16.5. The van der Waals surface area contributed by atoms with Gasteiger partial charge in [-0.05, 0) is 67.9 Å². The molecule has 24 heavy (non-hydrogen) atoms. The van der Waals surface area contributed by atoms with Gasteiger partial charge in [0.2, 0.25) is 0 Å². The Kier molecular flexibility index (Phi) is 9.24. The summed E-state index contributed by atoms with van der Waals surface area (Å²) < 4.78 is 0. The maximum Gasteiger partial charge on any atom is 0.0223 e. The van der Waals surface area contributed by atoms with Gasteiger partial charge in [-0.15, -0.1) is 11.6 Å². The molecule has 1 saturated carbocycles. The van der Waals surface area contributed by atoms with Crippen LogP contribution in [0.2, 0.25) is 0 Å². The summed E-state index contributed by atoms with van der Waals surface area (Å²) >= 11 is 5.90. The molecular formula is C23H37Cl. The standard InChI is InChI=1S/C23H37Cl/c1-2-3-5-10-21-11-13-22(14-12-21)15-19-23(18-8-9-20-24)16-6-4-7-17-23/h11-14H,2-10,15-20H2,1H3. The molecule has 1 aliphatic rings. The third-order valence-electron chi connectivity index (χ3n) is 6.04. The summed E-state index contributed by atoms with van der Waals surface area (Å²) in [5.74, 6) is 0.829. The van der Waals surface area contributed by atoms with Gasteiger partial charge in [0.05, 0.1) is 0 Å². The third kappa shape index (κ3) is 6.79. The van der Waals surface area contributed by atoms with Crippen LogP contribution in [0.3, 0.4) is 0 Å². The van der Waals surface area contributed by atoms with Crippen molar-refractivity contribution in [1.29, 1.82) is 0 Å². The van der Waals surface area contributed by atoms with Gasteiger partial charge in [-0.3, -0.25) is 0 Å². The number of hydrogen-bond donors (Lipinski definition) is 0. The van der Waals surface area contributed by atoms with Crippen molar-refractivity contribution >= 4 is 11.6 Å². The fraction of sp³-hybridized carbons (Fsp3) is 0.739. The van der Waals surface area contributed by atoms with E-state index in [2.05, 4.69) is 31.2 Å². The van der Waals surface area contributed by atoms with Crippen LogP contribution in [-0.4, -0.2) is 5.88 Å². The molecule has 1 fully saturated rings. The van der Waals surface area contributed by atoms with Crippen molar-refractivity contribution in [3.05, 3.63) is 35.4 Å². The maximum atomic E-state index is 5.90. The average Bonchev–Trinajstić information content (AvgIpc) is 2.62. The first-order chi connectivity index (χ1) is 11.8. The fourth-order valence-electron chi connectivity index (χ4n) is 4.38. The van der Waals surface area contributed by atoms with E-state index in [1.54, 1.807) is 0 Å². The van der Waals surface area contributed by atoms with Crippen molar-refractivity contribution < 1.29 is 0 Å². The molecule has 0 saturated heterocycles. The van der Waals surface area contributed by atoms with E-state index in [1.165, 1.54) is 101 Å². The number of unbranched alkanes of at least 4 members (excludes halogenated alkanes) is 3. The largest absolute Gasteiger partial charge is 0.127 e. The van der Waals surface area contributed by atoms with E-state index >= 15 is 0 Å². The summed E-state index contributed by atoms with van der Waals surface area (Å²) in [4.78, 5) is 0. The average molecular weight is 349 g/mol. The maximum absolute atomic E-state index is 5.90. The van der Waals surface area contributed by atoms with Crippen LogP contribution in [-0.2, 0) is 12.8 Å². The van der Waals surface area contributed by atoms with Gasteiger partial charge >= 0.3 is 0 Å². The summed E-state index contributed by atoms with van der Waals surface area (Å²) in [6.45, 7) is 2.28. The van der Waals surface area contributed by atoms with Crippen LogP contribution in [0.4, 0.5) is 0 Å². The molecule has 0 bridgehead atoms. The normalized spacial score (nSPS) is 17.1. The summed E-state index contributed by atoms with van der Waals surface area (Å²) in [7, 11) is 0. The Bertz CT molecular complexity index is 428. The van der Waals surface area contributed by atoms with E-state index in [-0.39, 0.29) is 0 Å². The van der Waals surface area contributed by atoms with Gasteiger partial charge < -0.3 is 0 Å². The Morgan fingerprint density at radius 1 is 0.792 bits per heavy atom. The Balaban J connectivity index is 1.84. The molecule has 0 aromatic heterocycles. The minimum atomic E-state index is 0.615. The second-order valence-corrected chi connectivity index (χ2v) is 8.36. The van der Waals surface area contributed by atoms with Gasteiger partial charge in [0.1, 0.15) is 0 Å². The Labute approximate surface area is 155 Å². The van der Waals surface area contributed by atoms with Crippen LogP contribution < -0.4 is 0 Å². The van der Waals surface area contributed by atoms with Crippen molar-refractivity contribution in [3.63, 3.8) is 0 Å². The van der Waals surface area contributed by atoms with E-state index in [0.29, 0.717) is 5.41 Å². The number of aryl methyl sites for hydroxylation is 2. The van der Waals surface area contributed by atoms with Crippen LogP contribution in [0.5, 0.6) is 0 Å². The quantitative estimate of drug-likeness (QED) is 0.283. The molecule has 0 nitrogen and oxygen atoms in total. The minimum absolute atomic E-state index is 0.615. The highest BCUT2D eigenvalue weighted by atomic mass is 35.5. The Morgan fingerprint density at radius 3 is 2.08 bits per heavy atom. The van der Waals surface area contributed by atoms with Gasteiger partial charge in [-0.1, -0.05) is 69.7 Å². The van der Waals surface area contributed by atoms with Crippen LogP contribution in [0.15, 0.2) is 24.3 Å². The van der Waals surface area contributed by atoms with Crippen LogP contribution in [0.25, 0.3) is 0 Å². The molecular weight excluding hydrogens is 312 g/mol. The number of alkyl halides is 1. The van der Waals surface area contributed by atoms with Crippen LogP contribution >= 0.6 is 11.6 Å². The molecule has 0 atom stereocenters. The Morgan fingerprint density at radius 2 is 1.46 bits per heavy atom. The first-order valence-electron chi connectivity index (χ1n) is 10.4. The van der Waals surface area contributed by atoms with Crippen molar-refractivity contribution in [2.75, 3.05) is 5.88 Å². The highest BCUT2D eigenvalue weighted by Gasteiger charge is 2.30. The second kappa shape index (κ2) is 11.2. The number of rotatable bonds is 11. The first-order valence-corrected chi connectivity index (χ1v) is 11.0. The second-order valence-electron chi connectivity index (χ2n) is 7.98. The van der Waals surface area contributed by atoms with Crippen molar-refractivity contribution in [2.24, 2.45) is 5.41 Å². The monoisotopic (exact) mass is 348 g/mol. The molecule has 0 amide bonds. The SMILES string of the molecule is CCCCCc1ccc(CCC2(CCCCCl)CCCCC2)cc1. The smallest absolute Gasteiger partial charge is 0.0223 e. The van der Waals surface area contributed by atoms with Gasteiger partial charge in [0.25, 0.3) is 0 Å². The van der Waals surface area contributed by atoms with E-state index < -0.39 is 0 Å². The van der Waals surface area contributed by atoms with Gasteiger partial charge in [-0.25, -0.2) is 0 Å². The molecule has 0 heterocycles. The topological polar surface area (TPSA) is 0 Å². The molecule has 0 unspecified atom stereocenters. The molecule has 1 heteroatoms. The molecule has 1 aliphatic carbocycles. The lowest BCUT2D eigenvalue weighted by atomic mass is 9.68. The summed E-state index contributed by atoms with van der Waals surface area (Å²) in [5.41, 5.74) is 3.67. The molecule has 1 aromatic carbocycles. The van der Waals surface area contributed by atoms with Crippen LogP contribution in [0.1, 0.15) is 95.1 Å². The van der Waals surface area contributed by atoms with Crippen molar-refractivity contribution in [1.82, 2.24) is 0 Å². The molecule has 136 valence electrons. The summed E-state index contributed by atoms with van der Waals surface area (Å²) in [6.07, 6.45) is 19.0. The van der Waals surface area contributed by atoms with Gasteiger partial charge in [-0.2, -0.15) is 0 Å². The zero-order chi connectivity index (χ0) is 17.1. The lowest BCUT2D eigenvalue weighted by molar-refractivity contribution is 0.153. The van der Waals surface area contributed by atoms with Gasteiger partial charge in [0, 0.05) is 5.88 Å². The number of benzene rings is 1.